The van der Waals surface area contributed by atoms with Crippen molar-refractivity contribution >= 4 is 40.0 Å². The third kappa shape index (κ3) is 5.73. The summed E-state index contributed by atoms with van der Waals surface area (Å²) in [6.07, 6.45) is 6.21. The van der Waals surface area contributed by atoms with E-state index in [1.54, 1.807) is 29.7 Å². The molecule has 2 heterocycles. The van der Waals surface area contributed by atoms with Gasteiger partial charge in [0.05, 0.1) is 11.4 Å². The quantitative estimate of drug-likeness (QED) is 0.456. The fraction of sp³-hybridized carbons (Fsp3) is 0.269. The van der Waals surface area contributed by atoms with Crippen LogP contribution < -0.4 is 4.90 Å². The van der Waals surface area contributed by atoms with Gasteiger partial charge >= 0.3 is 0 Å². The molecule has 0 saturated carbocycles. The summed E-state index contributed by atoms with van der Waals surface area (Å²) < 4.78 is 14.2. The van der Waals surface area contributed by atoms with Gasteiger partial charge in [-0.25, -0.2) is 9.37 Å². The van der Waals surface area contributed by atoms with E-state index in [2.05, 4.69) is 29.2 Å². The molecule has 0 atom stereocenters. The van der Waals surface area contributed by atoms with Crippen LogP contribution in [0.2, 0.25) is 0 Å². The molecule has 33 heavy (non-hydrogen) atoms. The zero-order chi connectivity index (χ0) is 23.2. The van der Waals surface area contributed by atoms with E-state index in [-0.39, 0.29) is 17.5 Å². The minimum Gasteiger partial charge on any atom is -0.339 e. The molecule has 1 fully saturated rings. The Morgan fingerprint density at radius 2 is 1.82 bits per heavy atom. The molecule has 1 aromatic heterocycles. The monoisotopic (exact) mass is 463 g/mol. The average Bonchev–Trinajstić information content (AvgIpc) is 3.28. The average molecular weight is 464 g/mol. The van der Waals surface area contributed by atoms with E-state index in [9.17, 15) is 14.0 Å². The summed E-state index contributed by atoms with van der Waals surface area (Å²) in [5, 5.41) is 2.11. The SMILES string of the molecule is CC(=O)N(c1nc(/C=C/C(=O)N2CCC(Cc3ccccc3)CC2)cs1)c1ccccc1F. The van der Waals surface area contributed by atoms with E-state index in [0.717, 1.165) is 32.4 Å². The molecule has 0 N–H and O–H groups in total. The van der Waals surface area contributed by atoms with Gasteiger partial charge in [0.15, 0.2) is 5.13 Å². The first-order chi connectivity index (χ1) is 16.0. The molecule has 170 valence electrons. The van der Waals surface area contributed by atoms with Crippen LogP contribution in [0.5, 0.6) is 0 Å². The third-order valence-electron chi connectivity index (χ3n) is 5.80. The number of carbonyl (C=O) groups excluding carboxylic acids is 2. The van der Waals surface area contributed by atoms with Crippen molar-refractivity contribution < 1.29 is 14.0 Å². The lowest BCUT2D eigenvalue weighted by Crippen LogP contribution is -2.37. The molecule has 3 aromatic rings. The number of para-hydroxylation sites is 1. The maximum absolute atomic E-state index is 14.2. The molecule has 7 heteroatoms. The second kappa shape index (κ2) is 10.5. The minimum absolute atomic E-state index is 0.0414. The van der Waals surface area contributed by atoms with E-state index < -0.39 is 5.82 Å². The topological polar surface area (TPSA) is 53.5 Å². The van der Waals surface area contributed by atoms with E-state index in [1.807, 2.05) is 11.0 Å². The van der Waals surface area contributed by atoms with Gasteiger partial charge in [0.1, 0.15) is 5.82 Å². The van der Waals surface area contributed by atoms with Crippen LogP contribution in [0.4, 0.5) is 15.2 Å². The second-order valence-electron chi connectivity index (χ2n) is 8.15. The fourth-order valence-electron chi connectivity index (χ4n) is 4.06. The van der Waals surface area contributed by atoms with Crippen molar-refractivity contribution in [3.63, 3.8) is 0 Å². The number of benzene rings is 2. The normalized spacial score (nSPS) is 14.5. The number of aromatic nitrogens is 1. The van der Waals surface area contributed by atoms with Crippen molar-refractivity contribution in [3.05, 3.63) is 83.1 Å². The van der Waals surface area contributed by atoms with Crippen LogP contribution in [0.1, 0.15) is 31.0 Å². The van der Waals surface area contributed by atoms with Gasteiger partial charge < -0.3 is 4.90 Å². The Labute approximate surface area is 197 Å². The largest absolute Gasteiger partial charge is 0.339 e. The number of hydrogen-bond donors (Lipinski definition) is 0. The van der Waals surface area contributed by atoms with Gasteiger partial charge in [-0.1, -0.05) is 42.5 Å². The number of amides is 2. The predicted octanol–water partition coefficient (Wildman–Crippen LogP) is 5.46. The van der Waals surface area contributed by atoms with Crippen LogP contribution in [0.25, 0.3) is 6.08 Å². The van der Waals surface area contributed by atoms with Crippen LogP contribution in [-0.2, 0) is 16.0 Å². The first kappa shape index (κ1) is 22.9. The standard InChI is InChI=1S/C26H26FN3O2S/c1-19(31)30(24-10-6-5-9-23(24)27)26-28-22(18-33-26)11-12-25(32)29-15-13-21(14-16-29)17-20-7-3-2-4-8-20/h2-12,18,21H,13-17H2,1H3/b12-11+. The number of carbonyl (C=O) groups is 2. The summed E-state index contributed by atoms with van der Waals surface area (Å²) in [6.45, 7) is 2.86. The summed E-state index contributed by atoms with van der Waals surface area (Å²) in [7, 11) is 0. The zero-order valence-corrected chi connectivity index (χ0v) is 19.3. The first-order valence-corrected chi connectivity index (χ1v) is 11.9. The van der Waals surface area contributed by atoms with Crippen molar-refractivity contribution in [2.45, 2.75) is 26.2 Å². The van der Waals surface area contributed by atoms with Crippen LogP contribution in [0.3, 0.4) is 0 Å². The number of halogens is 1. The highest BCUT2D eigenvalue weighted by Gasteiger charge is 2.23. The Morgan fingerprint density at radius 1 is 1.12 bits per heavy atom. The van der Waals surface area contributed by atoms with Gasteiger partial charge in [-0.05, 0) is 49.0 Å². The van der Waals surface area contributed by atoms with Crippen LogP contribution >= 0.6 is 11.3 Å². The van der Waals surface area contributed by atoms with Crippen molar-refractivity contribution in [2.75, 3.05) is 18.0 Å². The molecule has 0 aliphatic carbocycles. The van der Waals surface area contributed by atoms with Crippen LogP contribution in [0, 0.1) is 11.7 Å². The van der Waals surface area contributed by atoms with Gasteiger partial charge in [0, 0.05) is 31.5 Å². The van der Waals surface area contributed by atoms with Gasteiger partial charge in [-0.3, -0.25) is 14.5 Å². The molecule has 0 spiro atoms. The maximum Gasteiger partial charge on any atom is 0.246 e. The molecule has 2 amide bonds. The molecule has 5 nitrogen and oxygen atoms in total. The van der Waals surface area contributed by atoms with Crippen molar-refractivity contribution in [3.8, 4) is 0 Å². The number of anilines is 2. The number of hydrogen-bond acceptors (Lipinski definition) is 4. The Bertz CT molecular complexity index is 1140. The van der Waals surface area contributed by atoms with E-state index in [0.29, 0.717) is 16.7 Å². The predicted molar refractivity (Wildman–Crippen MR) is 130 cm³/mol. The Morgan fingerprint density at radius 3 is 2.52 bits per heavy atom. The Balaban J connectivity index is 1.35. The lowest BCUT2D eigenvalue weighted by molar-refractivity contribution is -0.127. The highest BCUT2D eigenvalue weighted by atomic mass is 32.1. The molecule has 4 rings (SSSR count). The molecule has 0 radical (unpaired) electrons. The number of piperidine rings is 1. The van der Waals surface area contributed by atoms with Crippen molar-refractivity contribution in [2.24, 2.45) is 5.92 Å². The lowest BCUT2D eigenvalue weighted by atomic mass is 9.90. The molecular formula is C26H26FN3O2S. The zero-order valence-electron chi connectivity index (χ0n) is 18.5. The van der Waals surface area contributed by atoms with Gasteiger partial charge in [-0.2, -0.15) is 0 Å². The molecule has 1 aliphatic rings. The molecule has 1 saturated heterocycles. The highest BCUT2D eigenvalue weighted by Crippen LogP contribution is 2.31. The summed E-state index contributed by atoms with van der Waals surface area (Å²) in [4.78, 5) is 32.4. The number of likely N-dealkylation sites (tertiary alicyclic amines) is 1. The smallest absolute Gasteiger partial charge is 0.246 e. The number of rotatable bonds is 6. The second-order valence-corrected chi connectivity index (χ2v) is 8.99. The molecular weight excluding hydrogens is 437 g/mol. The molecule has 1 aliphatic heterocycles. The van der Waals surface area contributed by atoms with E-state index >= 15 is 0 Å². The molecule has 2 aromatic carbocycles. The Kier molecular flexibility index (Phi) is 7.29. The van der Waals surface area contributed by atoms with Crippen LogP contribution in [-0.4, -0.2) is 34.8 Å². The van der Waals surface area contributed by atoms with Gasteiger partial charge in [0.2, 0.25) is 11.8 Å². The van der Waals surface area contributed by atoms with Crippen molar-refractivity contribution in [1.29, 1.82) is 0 Å². The molecule has 0 unspecified atom stereocenters. The summed E-state index contributed by atoms with van der Waals surface area (Å²) in [6, 6.07) is 16.6. The van der Waals surface area contributed by atoms with Gasteiger partial charge in [-0.15, -0.1) is 11.3 Å². The lowest BCUT2D eigenvalue weighted by Gasteiger charge is -2.31. The first-order valence-electron chi connectivity index (χ1n) is 11.0. The third-order valence-corrected chi connectivity index (χ3v) is 6.64. The van der Waals surface area contributed by atoms with Crippen molar-refractivity contribution in [1.82, 2.24) is 9.88 Å². The summed E-state index contributed by atoms with van der Waals surface area (Å²) in [5.74, 6) is -0.275. The van der Waals surface area contributed by atoms with Crippen LogP contribution in [0.15, 0.2) is 66.1 Å². The summed E-state index contributed by atoms with van der Waals surface area (Å²) >= 11 is 1.23. The minimum atomic E-state index is -0.495. The van der Waals surface area contributed by atoms with E-state index in [4.69, 9.17) is 0 Å². The summed E-state index contributed by atoms with van der Waals surface area (Å²) in [5.41, 5.74) is 2.06. The van der Waals surface area contributed by atoms with E-state index in [1.165, 1.54) is 40.9 Å². The Hall–Kier alpha value is -3.32. The number of thiazole rings is 1. The highest BCUT2D eigenvalue weighted by molar-refractivity contribution is 7.14. The molecule has 0 bridgehead atoms. The van der Waals surface area contributed by atoms with Gasteiger partial charge in [0.25, 0.3) is 0 Å². The fourth-order valence-corrected chi connectivity index (χ4v) is 4.91. The number of nitrogens with zero attached hydrogens (tertiary/aromatic N) is 3. The maximum atomic E-state index is 14.2.